The van der Waals surface area contributed by atoms with E-state index in [0.29, 0.717) is 17.1 Å². The Bertz CT molecular complexity index is 669. The third kappa shape index (κ3) is 2.97. The summed E-state index contributed by atoms with van der Waals surface area (Å²) in [6, 6.07) is 12.8. The van der Waals surface area contributed by atoms with Gasteiger partial charge in [-0.15, -0.1) is 11.8 Å². The molecule has 0 atom stereocenters. The first-order valence-electron chi connectivity index (χ1n) is 6.46. The number of carbonyl (C=O) groups is 1. The van der Waals surface area contributed by atoms with E-state index >= 15 is 0 Å². The van der Waals surface area contributed by atoms with Crippen molar-refractivity contribution in [2.24, 2.45) is 0 Å². The van der Waals surface area contributed by atoms with Gasteiger partial charge in [0.25, 0.3) is 0 Å². The van der Waals surface area contributed by atoms with Gasteiger partial charge in [0.05, 0.1) is 0 Å². The van der Waals surface area contributed by atoms with Crippen LogP contribution in [0.3, 0.4) is 0 Å². The molecule has 0 bridgehead atoms. The van der Waals surface area contributed by atoms with Crippen LogP contribution in [0.4, 0.5) is 0 Å². The lowest BCUT2D eigenvalue weighted by Gasteiger charge is -2.09. The Labute approximate surface area is 127 Å². The number of carbonyl (C=O) groups excluding carboxylic acids is 1. The van der Waals surface area contributed by atoms with E-state index in [0.717, 1.165) is 10.6 Å². The molecule has 1 aliphatic heterocycles. The van der Waals surface area contributed by atoms with Crippen molar-refractivity contribution in [2.75, 3.05) is 19.7 Å². The van der Waals surface area contributed by atoms with Gasteiger partial charge in [-0.2, -0.15) is 0 Å². The third-order valence-electron chi connectivity index (χ3n) is 3.12. The number of fused-ring (bicyclic) bond motifs is 1. The Morgan fingerprint density at radius 3 is 2.86 bits per heavy atom. The highest BCUT2D eigenvalue weighted by Crippen LogP contribution is 2.33. The van der Waals surface area contributed by atoms with Crippen LogP contribution < -0.4 is 14.2 Å². The standard InChI is InChI=1S/C16H14O4S/c1-21-16-5-3-2-4-14(16)18-9-12(17)11-6-7-13-15(8-11)20-10-19-13/h2-8H,9-10H2,1H3. The van der Waals surface area contributed by atoms with E-state index in [2.05, 4.69) is 0 Å². The fraction of sp³-hybridized carbons (Fsp3) is 0.188. The molecule has 0 N–H and O–H groups in total. The summed E-state index contributed by atoms with van der Waals surface area (Å²) in [5.74, 6) is 1.90. The average molecular weight is 302 g/mol. The van der Waals surface area contributed by atoms with Gasteiger partial charge in [0, 0.05) is 10.5 Å². The summed E-state index contributed by atoms with van der Waals surface area (Å²) in [5, 5.41) is 0. The highest BCUT2D eigenvalue weighted by Gasteiger charge is 2.16. The molecule has 108 valence electrons. The van der Waals surface area contributed by atoms with Crippen molar-refractivity contribution in [3.8, 4) is 17.2 Å². The van der Waals surface area contributed by atoms with E-state index in [9.17, 15) is 4.79 Å². The van der Waals surface area contributed by atoms with E-state index < -0.39 is 0 Å². The summed E-state index contributed by atoms with van der Waals surface area (Å²) < 4.78 is 16.1. The maximum Gasteiger partial charge on any atom is 0.231 e. The molecule has 21 heavy (non-hydrogen) atoms. The molecule has 1 aliphatic rings. The third-order valence-corrected chi connectivity index (χ3v) is 3.90. The average Bonchev–Trinajstić information content (AvgIpc) is 3.00. The molecule has 1 heterocycles. The fourth-order valence-electron chi connectivity index (χ4n) is 2.03. The molecule has 0 saturated heterocycles. The monoisotopic (exact) mass is 302 g/mol. The molecule has 4 nitrogen and oxygen atoms in total. The number of ketones is 1. The molecular formula is C16H14O4S. The second kappa shape index (κ2) is 6.10. The van der Waals surface area contributed by atoms with Crippen molar-refractivity contribution >= 4 is 17.5 Å². The molecule has 5 heteroatoms. The van der Waals surface area contributed by atoms with Gasteiger partial charge in [0.1, 0.15) is 5.75 Å². The van der Waals surface area contributed by atoms with Crippen LogP contribution in [0.1, 0.15) is 10.4 Å². The first-order chi connectivity index (χ1) is 10.3. The number of hydrogen-bond donors (Lipinski definition) is 0. The molecule has 0 saturated carbocycles. The van der Waals surface area contributed by atoms with Crippen molar-refractivity contribution < 1.29 is 19.0 Å². The van der Waals surface area contributed by atoms with Gasteiger partial charge in [-0.1, -0.05) is 12.1 Å². The maximum absolute atomic E-state index is 12.2. The van der Waals surface area contributed by atoms with Crippen LogP contribution in [-0.2, 0) is 0 Å². The highest BCUT2D eigenvalue weighted by atomic mass is 32.2. The molecule has 2 aromatic rings. The van der Waals surface area contributed by atoms with Gasteiger partial charge in [-0.25, -0.2) is 0 Å². The predicted octanol–water partition coefficient (Wildman–Crippen LogP) is 3.40. The number of hydrogen-bond acceptors (Lipinski definition) is 5. The molecule has 0 unspecified atom stereocenters. The van der Waals surface area contributed by atoms with Crippen LogP contribution in [0.5, 0.6) is 17.2 Å². The van der Waals surface area contributed by atoms with E-state index in [-0.39, 0.29) is 19.2 Å². The molecule has 0 radical (unpaired) electrons. The van der Waals surface area contributed by atoms with Crippen molar-refractivity contribution in [1.29, 1.82) is 0 Å². The first kappa shape index (κ1) is 13.8. The highest BCUT2D eigenvalue weighted by molar-refractivity contribution is 7.98. The summed E-state index contributed by atoms with van der Waals surface area (Å²) in [5.41, 5.74) is 0.556. The Kier molecular flexibility index (Phi) is 4.01. The molecular weight excluding hydrogens is 288 g/mol. The van der Waals surface area contributed by atoms with Crippen molar-refractivity contribution in [3.63, 3.8) is 0 Å². The quantitative estimate of drug-likeness (QED) is 0.625. The lowest BCUT2D eigenvalue weighted by molar-refractivity contribution is 0.0919. The zero-order valence-electron chi connectivity index (χ0n) is 11.5. The molecule has 0 spiro atoms. The number of Topliss-reactive ketones (excluding diaryl/α,β-unsaturated/α-hetero) is 1. The lowest BCUT2D eigenvalue weighted by Crippen LogP contribution is -2.11. The minimum Gasteiger partial charge on any atom is -0.484 e. The van der Waals surface area contributed by atoms with Crippen molar-refractivity contribution in [1.82, 2.24) is 0 Å². The van der Waals surface area contributed by atoms with Gasteiger partial charge in [0.15, 0.2) is 23.9 Å². The summed E-state index contributed by atoms with van der Waals surface area (Å²) in [4.78, 5) is 13.2. The van der Waals surface area contributed by atoms with Crippen LogP contribution in [0, 0.1) is 0 Å². The Morgan fingerprint density at radius 1 is 1.19 bits per heavy atom. The van der Waals surface area contributed by atoms with Gasteiger partial charge in [-0.05, 0) is 36.6 Å². The Hall–Kier alpha value is -2.14. The zero-order chi connectivity index (χ0) is 14.7. The molecule has 0 aromatic heterocycles. The van der Waals surface area contributed by atoms with Gasteiger partial charge < -0.3 is 14.2 Å². The van der Waals surface area contributed by atoms with Crippen molar-refractivity contribution in [3.05, 3.63) is 48.0 Å². The molecule has 0 aliphatic carbocycles. The summed E-state index contributed by atoms with van der Waals surface area (Å²) >= 11 is 1.59. The molecule has 3 rings (SSSR count). The van der Waals surface area contributed by atoms with Gasteiger partial charge >= 0.3 is 0 Å². The summed E-state index contributed by atoms with van der Waals surface area (Å²) in [6.07, 6.45) is 1.97. The van der Waals surface area contributed by atoms with Gasteiger partial charge in [-0.3, -0.25) is 4.79 Å². The lowest BCUT2D eigenvalue weighted by atomic mass is 10.1. The SMILES string of the molecule is CSc1ccccc1OCC(=O)c1ccc2c(c1)OCO2. The van der Waals surface area contributed by atoms with E-state index in [1.54, 1.807) is 30.0 Å². The molecule has 0 amide bonds. The minimum atomic E-state index is -0.0933. The van der Waals surface area contributed by atoms with E-state index in [1.165, 1.54) is 0 Å². The van der Waals surface area contributed by atoms with Crippen LogP contribution in [0.25, 0.3) is 0 Å². The van der Waals surface area contributed by atoms with Crippen LogP contribution >= 0.6 is 11.8 Å². The van der Waals surface area contributed by atoms with E-state index in [1.807, 2.05) is 30.5 Å². The van der Waals surface area contributed by atoms with Crippen molar-refractivity contribution in [2.45, 2.75) is 4.90 Å². The zero-order valence-corrected chi connectivity index (χ0v) is 12.3. The van der Waals surface area contributed by atoms with Gasteiger partial charge in [0.2, 0.25) is 6.79 Å². The second-order valence-corrected chi connectivity index (χ2v) is 5.28. The van der Waals surface area contributed by atoms with Crippen LogP contribution in [-0.4, -0.2) is 25.4 Å². The van der Waals surface area contributed by atoms with Crippen LogP contribution in [0.15, 0.2) is 47.4 Å². The first-order valence-corrected chi connectivity index (χ1v) is 7.69. The molecule has 0 fully saturated rings. The predicted molar refractivity (Wildman–Crippen MR) is 80.6 cm³/mol. The number of thioether (sulfide) groups is 1. The maximum atomic E-state index is 12.2. The topological polar surface area (TPSA) is 44.8 Å². The Morgan fingerprint density at radius 2 is 2.00 bits per heavy atom. The summed E-state index contributed by atoms with van der Waals surface area (Å²) in [6.45, 7) is 0.196. The second-order valence-electron chi connectivity index (χ2n) is 4.43. The van der Waals surface area contributed by atoms with E-state index in [4.69, 9.17) is 14.2 Å². The van der Waals surface area contributed by atoms with Crippen LogP contribution in [0.2, 0.25) is 0 Å². The number of rotatable bonds is 5. The number of para-hydroxylation sites is 1. The summed E-state index contributed by atoms with van der Waals surface area (Å²) in [7, 11) is 0. The largest absolute Gasteiger partial charge is 0.484 e. The number of ether oxygens (including phenoxy) is 3. The Balaban J connectivity index is 1.69. The minimum absolute atomic E-state index is 0.00276. The normalized spacial score (nSPS) is 12.2. The molecule has 2 aromatic carbocycles. The fourth-order valence-corrected chi connectivity index (χ4v) is 2.58. The smallest absolute Gasteiger partial charge is 0.231 e. The number of benzene rings is 2.